The highest BCUT2D eigenvalue weighted by Gasteiger charge is 2.17. The lowest BCUT2D eigenvalue weighted by atomic mass is 10.0. The molecule has 0 aliphatic rings. The number of allylic oxidation sites excluding steroid dienone is 5. The Labute approximate surface area is 207 Å². The van der Waals surface area contributed by atoms with Crippen LogP contribution in [0.3, 0.4) is 0 Å². The molecule has 1 N–H and O–H groups in total. The van der Waals surface area contributed by atoms with Gasteiger partial charge in [0.2, 0.25) is 0 Å². The van der Waals surface area contributed by atoms with Crippen LogP contribution in [-0.4, -0.2) is 69.7 Å². The molecule has 34 heavy (non-hydrogen) atoms. The van der Waals surface area contributed by atoms with E-state index in [0.29, 0.717) is 6.54 Å². The molecular formula is C29H47FN3O+. The third-order valence-electron chi connectivity index (χ3n) is 5.93. The van der Waals surface area contributed by atoms with E-state index in [1.165, 1.54) is 22.8 Å². The fraction of sp³-hybridized carbons (Fsp3) is 0.552. The van der Waals surface area contributed by atoms with E-state index in [4.69, 9.17) is 0 Å². The van der Waals surface area contributed by atoms with Gasteiger partial charge in [0.1, 0.15) is 5.82 Å². The van der Waals surface area contributed by atoms with Gasteiger partial charge in [-0.25, -0.2) is 4.39 Å². The van der Waals surface area contributed by atoms with Crippen LogP contribution >= 0.6 is 0 Å². The van der Waals surface area contributed by atoms with Crippen molar-refractivity contribution in [3.8, 4) is 0 Å². The highest BCUT2D eigenvalue weighted by atomic mass is 19.1. The van der Waals surface area contributed by atoms with Crippen LogP contribution in [-0.2, 0) is 0 Å². The number of carbonyl (C=O) groups excluding carboxylic acids is 1. The predicted octanol–water partition coefficient (Wildman–Crippen LogP) is 6.07. The first-order chi connectivity index (χ1) is 15.9. The van der Waals surface area contributed by atoms with Gasteiger partial charge < -0.3 is 14.7 Å². The summed E-state index contributed by atoms with van der Waals surface area (Å²) in [5.74, 6) is -0.832. The van der Waals surface area contributed by atoms with E-state index in [0.717, 1.165) is 55.4 Å². The molecule has 0 saturated heterocycles. The van der Waals surface area contributed by atoms with Gasteiger partial charge in [-0.1, -0.05) is 41.0 Å². The lowest BCUT2D eigenvalue weighted by molar-refractivity contribution is -0.888. The van der Waals surface area contributed by atoms with Crippen LogP contribution in [0.2, 0.25) is 0 Å². The van der Waals surface area contributed by atoms with Crippen LogP contribution in [0.5, 0.6) is 0 Å². The minimum absolute atomic E-state index is 0.100. The summed E-state index contributed by atoms with van der Waals surface area (Å²) in [5, 5.41) is 2.87. The van der Waals surface area contributed by atoms with Crippen LogP contribution in [0.1, 0.15) is 69.3 Å². The average Bonchev–Trinajstić information content (AvgIpc) is 2.72. The summed E-state index contributed by atoms with van der Waals surface area (Å²) in [4.78, 5) is 14.6. The van der Waals surface area contributed by atoms with Gasteiger partial charge in [0.15, 0.2) is 0 Å². The van der Waals surface area contributed by atoms with Crippen LogP contribution in [0.25, 0.3) is 6.08 Å². The number of nitrogens with one attached hydrogen (secondary N) is 1. The number of halogens is 1. The number of nitrogens with zero attached hydrogens (tertiary/aromatic N) is 2. The van der Waals surface area contributed by atoms with Crippen molar-refractivity contribution in [3.05, 3.63) is 64.0 Å². The van der Waals surface area contributed by atoms with Gasteiger partial charge in [-0.2, -0.15) is 0 Å². The molecule has 0 radical (unpaired) electrons. The van der Waals surface area contributed by atoms with Crippen molar-refractivity contribution in [1.29, 1.82) is 0 Å². The Morgan fingerprint density at radius 2 is 1.65 bits per heavy atom. The van der Waals surface area contributed by atoms with Crippen LogP contribution in [0, 0.1) is 5.82 Å². The maximum atomic E-state index is 14.6. The van der Waals surface area contributed by atoms with E-state index in [1.54, 1.807) is 6.07 Å². The second-order valence-electron chi connectivity index (χ2n) is 10.6. The molecule has 1 amide bonds. The summed E-state index contributed by atoms with van der Waals surface area (Å²) in [5.41, 5.74) is 4.86. The molecule has 0 aliphatic heterocycles. The largest absolute Gasteiger partial charge is 0.346 e. The zero-order chi connectivity index (χ0) is 25.7. The second kappa shape index (κ2) is 14.9. The van der Waals surface area contributed by atoms with Gasteiger partial charge in [0.25, 0.3) is 5.91 Å². The molecule has 4 nitrogen and oxygen atoms in total. The van der Waals surface area contributed by atoms with Crippen molar-refractivity contribution in [2.75, 3.05) is 54.4 Å². The zero-order valence-corrected chi connectivity index (χ0v) is 22.8. The summed E-state index contributed by atoms with van der Waals surface area (Å²) in [6, 6.07) is 4.86. The molecular weight excluding hydrogens is 425 g/mol. The molecule has 1 rings (SSSR count). The number of hydrogen-bond donors (Lipinski definition) is 1. The number of hydrogen-bond acceptors (Lipinski definition) is 2. The van der Waals surface area contributed by atoms with Gasteiger partial charge in [0, 0.05) is 6.54 Å². The molecule has 0 fully saturated rings. The van der Waals surface area contributed by atoms with Gasteiger partial charge in [-0.05, 0) is 85.2 Å². The normalized spacial score (nSPS) is 12.8. The fourth-order valence-electron chi connectivity index (χ4n) is 3.55. The van der Waals surface area contributed by atoms with Gasteiger partial charge in [0.05, 0.1) is 39.3 Å². The second-order valence-corrected chi connectivity index (χ2v) is 10.6. The Hall–Kier alpha value is -2.24. The summed E-state index contributed by atoms with van der Waals surface area (Å²) < 4.78 is 15.4. The summed E-state index contributed by atoms with van der Waals surface area (Å²) in [6.07, 6.45) is 10.7. The number of likely N-dealkylation sites (N-methyl/N-ethyl adjacent to an activating group) is 2. The maximum Gasteiger partial charge on any atom is 0.254 e. The van der Waals surface area contributed by atoms with Crippen LogP contribution in [0.15, 0.2) is 47.1 Å². The van der Waals surface area contributed by atoms with E-state index in [-0.39, 0.29) is 11.5 Å². The van der Waals surface area contributed by atoms with E-state index in [2.05, 4.69) is 78.3 Å². The summed E-state index contributed by atoms with van der Waals surface area (Å²) in [7, 11) is 8.39. The summed E-state index contributed by atoms with van der Waals surface area (Å²) in [6.45, 7) is 11.8. The Balaban J connectivity index is 2.58. The van der Waals surface area contributed by atoms with Crippen molar-refractivity contribution in [3.63, 3.8) is 0 Å². The van der Waals surface area contributed by atoms with Crippen molar-refractivity contribution >= 4 is 12.0 Å². The quantitative estimate of drug-likeness (QED) is 0.263. The van der Waals surface area contributed by atoms with E-state index in [1.807, 2.05) is 12.1 Å². The van der Waals surface area contributed by atoms with Crippen molar-refractivity contribution in [1.82, 2.24) is 10.2 Å². The number of quaternary nitrogens is 1. The molecule has 0 atom stereocenters. The highest BCUT2D eigenvalue weighted by Crippen LogP contribution is 2.17. The predicted molar refractivity (Wildman–Crippen MR) is 144 cm³/mol. The minimum Gasteiger partial charge on any atom is -0.346 e. The highest BCUT2D eigenvalue weighted by molar-refractivity contribution is 5.94. The molecule has 190 valence electrons. The third kappa shape index (κ3) is 12.9. The van der Waals surface area contributed by atoms with E-state index < -0.39 is 5.82 Å². The van der Waals surface area contributed by atoms with Gasteiger partial charge in [-0.3, -0.25) is 4.79 Å². The molecule has 0 aliphatic carbocycles. The first-order valence-electron chi connectivity index (χ1n) is 12.4. The van der Waals surface area contributed by atoms with Gasteiger partial charge in [-0.15, -0.1) is 0 Å². The maximum absolute atomic E-state index is 14.6. The molecule has 1 aromatic carbocycles. The van der Waals surface area contributed by atoms with Crippen LogP contribution in [0.4, 0.5) is 4.39 Å². The Bertz CT molecular complexity index is 877. The van der Waals surface area contributed by atoms with E-state index >= 15 is 0 Å². The standard InChI is InChI=1S/C29H46FN3O/c1-23(2)11-9-12-24(3)13-10-14-25(4)21-26-15-16-27(28(30)22-26)29(34)31-17-19-33(7,8)20-18-32(5)6/h11,13,15-16,21-22H,9-10,12,14,17-20H2,1-8H3/p+1. The smallest absolute Gasteiger partial charge is 0.254 e. The fourth-order valence-corrected chi connectivity index (χ4v) is 3.55. The molecule has 0 bridgehead atoms. The number of rotatable bonds is 14. The monoisotopic (exact) mass is 472 g/mol. The Morgan fingerprint density at radius 3 is 2.26 bits per heavy atom. The lowest BCUT2D eigenvalue weighted by Gasteiger charge is -2.31. The molecule has 0 spiro atoms. The number of amides is 1. The van der Waals surface area contributed by atoms with Crippen molar-refractivity contribution in [2.45, 2.75) is 53.4 Å². The minimum atomic E-state index is -0.476. The molecule has 0 aromatic heterocycles. The first kappa shape index (κ1) is 29.8. The SMILES string of the molecule is CC(C)=CCCC(C)=CCCC(C)=Cc1ccc(C(=O)NCC[N+](C)(C)CCN(C)C)c(F)c1. The molecule has 1 aromatic rings. The molecule has 0 saturated carbocycles. The zero-order valence-electron chi connectivity index (χ0n) is 22.8. The lowest BCUT2D eigenvalue weighted by Crippen LogP contribution is -2.48. The number of benzene rings is 1. The molecule has 0 heterocycles. The topological polar surface area (TPSA) is 32.3 Å². The van der Waals surface area contributed by atoms with E-state index in [9.17, 15) is 9.18 Å². The van der Waals surface area contributed by atoms with Crippen molar-refractivity contribution < 1.29 is 13.7 Å². The molecule has 5 heteroatoms. The Morgan fingerprint density at radius 1 is 1.00 bits per heavy atom. The van der Waals surface area contributed by atoms with Crippen molar-refractivity contribution in [2.24, 2.45) is 0 Å². The third-order valence-corrected chi connectivity index (χ3v) is 5.93. The first-order valence-corrected chi connectivity index (χ1v) is 12.4. The number of carbonyl (C=O) groups is 1. The summed E-state index contributed by atoms with van der Waals surface area (Å²) >= 11 is 0. The van der Waals surface area contributed by atoms with Crippen LogP contribution < -0.4 is 5.32 Å². The van der Waals surface area contributed by atoms with Gasteiger partial charge >= 0.3 is 0 Å². The Kier molecular flexibility index (Phi) is 13.1. The molecule has 0 unspecified atom stereocenters. The average molecular weight is 473 g/mol.